The molecule has 1 aromatic heterocycles. The lowest BCUT2D eigenvalue weighted by atomic mass is 10.2. The fraction of sp³-hybridized carbons (Fsp3) is 0.357. The van der Waals surface area contributed by atoms with E-state index >= 15 is 0 Å². The normalized spacial score (nSPS) is 11.0. The van der Waals surface area contributed by atoms with Crippen molar-refractivity contribution in [2.45, 2.75) is 19.0 Å². The maximum absolute atomic E-state index is 11.3. The van der Waals surface area contributed by atoms with Crippen LogP contribution in [0.5, 0.6) is 11.5 Å². The van der Waals surface area contributed by atoms with Crippen LogP contribution < -0.4 is 9.47 Å². The molecular formula is C14H17N5O4S. The molecular weight excluding hydrogens is 334 g/mol. The number of hydrogen-bond acceptors (Lipinski definition) is 8. The van der Waals surface area contributed by atoms with Crippen LogP contribution in [-0.4, -0.2) is 46.0 Å². The molecule has 0 aliphatic rings. The zero-order valence-electron chi connectivity index (χ0n) is 13.7. The Hall–Kier alpha value is -2.62. The minimum absolute atomic E-state index is 0.104. The van der Waals surface area contributed by atoms with Gasteiger partial charge in [0.2, 0.25) is 10.9 Å². The molecule has 0 atom stereocenters. The van der Waals surface area contributed by atoms with E-state index < -0.39 is 4.92 Å². The van der Waals surface area contributed by atoms with E-state index in [0.29, 0.717) is 23.2 Å². The van der Waals surface area contributed by atoms with Crippen molar-refractivity contribution in [2.75, 3.05) is 20.0 Å². The number of nitro benzene ring substituents is 1. The molecule has 0 amide bonds. The van der Waals surface area contributed by atoms with Crippen molar-refractivity contribution in [1.29, 1.82) is 0 Å². The number of aromatic nitrogens is 3. The van der Waals surface area contributed by atoms with Gasteiger partial charge in [0.1, 0.15) is 0 Å². The average molecular weight is 351 g/mol. The third kappa shape index (κ3) is 3.65. The molecule has 9 nitrogen and oxygen atoms in total. The highest BCUT2D eigenvalue weighted by Crippen LogP contribution is 2.37. The van der Waals surface area contributed by atoms with E-state index in [9.17, 15) is 10.1 Å². The van der Waals surface area contributed by atoms with Gasteiger partial charge >= 0.3 is 5.69 Å². The van der Waals surface area contributed by atoms with Gasteiger partial charge in [-0.15, -0.1) is 10.2 Å². The van der Waals surface area contributed by atoms with E-state index in [1.165, 1.54) is 31.2 Å². The molecule has 24 heavy (non-hydrogen) atoms. The Kier molecular flexibility index (Phi) is 5.74. The smallest absolute Gasteiger partial charge is 0.315 e. The first-order valence-corrected chi connectivity index (χ1v) is 8.23. The molecule has 1 heterocycles. The van der Waals surface area contributed by atoms with Crippen molar-refractivity contribution >= 4 is 23.7 Å². The van der Waals surface area contributed by atoms with Gasteiger partial charge in [-0.2, -0.15) is 9.78 Å². The van der Waals surface area contributed by atoms with Crippen LogP contribution in [0.3, 0.4) is 0 Å². The molecule has 0 saturated carbocycles. The number of nitrogens with zero attached hydrogens (tertiary/aromatic N) is 5. The molecule has 0 radical (unpaired) electrons. The van der Waals surface area contributed by atoms with E-state index in [2.05, 4.69) is 15.3 Å². The van der Waals surface area contributed by atoms with E-state index in [-0.39, 0.29) is 17.2 Å². The standard InChI is InChI=1S/C14H17N5O4S/c1-5-23-13-11(19(20)21)6-10(7-12(13)22-3)8-15-18-9(2)16-17-14(18)24-4/h6-8H,5H2,1-4H3/b15-8-. The largest absolute Gasteiger partial charge is 0.493 e. The fourth-order valence-electron chi connectivity index (χ4n) is 1.98. The van der Waals surface area contributed by atoms with Crippen LogP contribution in [-0.2, 0) is 0 Å². The van der Waals surface area contributed by atoms with Crippen LogP contribution >= 0.6 is 11.8 Å². The highest BCUT2D eigenvalue weighted by molar-refractivity contribution is 7.98. The van der Waals surface area contributed by atoms with Gasteiger partial charge < -0.3 is 9.47 Å². The number of rotatable bonds is 7. The minimum atomic E-state index is -0.512. The summed E-state index contributed by atoms with van der Waals surface area (Å²) in [7, 11) is 1.43. The van der Waals surface area contributed by atoms with Gasteiger partial charge in [-0.3, -0.25) is 10.1 Å². The molecule has 0 saturated heterocycles. The van der Waals surface area contributed by atoms with Crippen molar-refractivity contribution in [3.63, 3.8) is 0 Å². The zero-order valence-corrected chi connectivity index (χ0v) is 14.5. The predicted molar refractivity (Wildman–Crippen MR) is 90.3 cm³/mol. The number of benzene rings is 1. The number of ether oxygens (including phenoxy) is 2. The molecule has 1 aromatic carbocycles. The van der Waals surface area contributed by atoms with Gasteiger partial charge in [0.25, 0.3) is 0 Å². The van der Waals surface area contributed by atoms with Crippen LogP contribution in [0.15, 0.2) is 22.4 Å². The maximum atomic E-state index is 11.3. The summed E-state index contributed by atoms with van der Waals surface area (Å²) in [6, 6.07) is 3.01. The van der Waals surface area contributed by atoms with Gasteiger partial charge in [0.05, 0.1) is 24.9 Å². The second-order valence-corrected chi connectivity index (χ2v) is 5.33. The molecule has 10 heteroatoms. The summed E-state index contributed by atoms with van der Waals surface area (Å²) in [5.74, 6) is 0.994. The van der Waals surface area contributed by atoms with E-state index in [1.807, 2.05) is 6.26 Å². The molecule has 0 aliphatic heterocycles. The van der Waals surface area contributed by atoms with Gasteiger partial charge in [-0.1, -0.05) is 11.8 Å². The van der Waals surface area contributed by atoms with Gasteiger partial charge in [0.15, 0.2) is 11.6 Å². The zero-order chi connectivity index (χ0) is 17.7. The van der Waals surface area contributed by atoms with Crippen molar-refractivity contribution in [3.05, 3.63) is 33.6 Å². The maximum Gasteiger partial charge on any atom is 0.315 e. The predicted octanol–water partition coefficient (Wildman–Crippen LogP) is 2.51. The molecule has 0 unspecified atom stereocenters. The van der Waals surface area contributed by atoms with Crippen molar-refractivity contribution in [3.8, 4) is 11.5 Å². The average Bonchev–Trinajstić information content (AvgIpc) is 2.93. The summed E-state index contributed by atoms with van der Waals surface area (Å²) in [5, 5.41) is 24.1. The number of aryl methyl sites for hydroxylation is 1. The molecule has 0 aliphatic carbocycles. The minimum Gasteiger partial charge on any atom is -0.493 e. The van der Waals surface area contributed by atoms with Crippen molar-refractivity contribution in [2.24, 2.45) is 5.10 Å². The Morgan fingerprint density at radius 2 is 2.21 bits per heavy atom. The van der Waals surface area contributed by atoms with Crippen molar-refractivity contribution < 1.29 is 14.4 Å². The Morgan fingerprint density at radius 1 is 1.46 bits per heavy atom. The molecule has 0 N–H and O–H groups in total. The SMILES string of the molecule is CCOc1c(OC)cc(/C=N\n2c(C)nnc2SC)cc1[N+](=O)[O-]. The summed E-state index contributed by atoms with van der Waals surface area (Å²) < 4.78 is 12.1. The second kappa shape index (κ2) is 7.77. The number of hydrogen-bond donors (Lipinski definition) is 0. The van der Waals surface area contributed by atoms with Gasteiger partial charge in [-0.25, -0.2) is 0 Å². The molecule has 0 spiro atoms. The number of methoxy groups -OCH3 is 1. The molecule has 0 fully saturated rings. The summed E-state index contributed by atoms with van der Waals surface area (Å²) in [6.45, 7) is 3.81. The van der Waals surface area contributed by atoms with Crippen LogP contribution in [0, 0.1) is 17.0 Å². The topological polar surface area (TPSA) is 105 Å². The first-order valence-electron chi connectivity index (χ1n) is 7.01. The molecule has 2 aromatic rings. The lowest BCUT2D eigenvalue weighted by Gasteiger charge is -2.10. The van der Waals surface area contributed by atoms with Crippen LogP contribution in [0.2, 0.25) is 0 Å². The number of nitro groups is 1. The lowest BCUT2D eigenvalue weighted by molar-refractivity contribution is -0.385. The van der Waals surface area contributed by atoms with E-state index in [1.54, 1.807) is 24.6 Å². The van der Waals surface area contributed by atoms with Crippen LogP contribution in [0.25, 0.3) is 0 Å². The molecule has 2 rings (SSSR count). The fourth-order valence-corrected chi connectivity index (χ4v) is 2.46. The highest BCUT2D eigenvalue weighted by atomic mass is 32.2. The number of thioether (sulfide) groups is 1. The third-order valence-electron chi connectivity index (χ3n) is 3.04. The Morgan fingerprint density at radius 3 is 2.79 bits per heavy atom. The van der Waals surface area contributed by atoms with E-state index in [0.717, 1.165) is 0 Å². The Labute approximate surface area is 142 Å². The summed E-state index contributed by atoms with van der Waals surface area (Å²) >= 11 is 1.40. The van der Waals surface area contributed by atoms with Crippen LogP contribution in [0.4, 0.5) is 5.69 Å². The highest BCUT2D eigenvalue weighted by Gasteiger charge is 2.21. The lowest BCUT2D eigenvalue weighted by Crippen LogP contribution is -2.02. The van der Waals surface area contributed by atoms with Crippen LogP contribution in [0.1, 0.15) is 18.3 Å². The third-order valence-corrected chi connectivity index (χ3v) is 3.66. The van der Waals surface area contributed by atoms with Gasteiger partial charge in [-0.05, 0) is 26.2 Å². The van der Waals surface area contributed by atoms with E-state index in [4.69, 9.17) is 9.47 Å². The Bertz CT molecular complexity index is 775. The Balaban J connectivity index is 2.47. The quantitative estimate of drug-likeness (QED) is 0.326. The summed E-state index contributed by atoms with van der Waals surface area (Å²) in [4.78, 5) is 10.8. The summed E-state index contributed by atoms with van der Waals surface area (Å²) in [5.41, 5.74) is 0.324. The first kappa shape index (κ1) is 17.7. The molecule has 0 bridgehead atoms. The second-order valence-electron chi connectivity index (χ2n) is 4.55. The van der Waals surface area contributed by atoms with Gasteiger partial charge in [0, 0.05) is 11.6 Å². The monoisotopic (exact) mass is 351 g/mol. The first-order chi connectivity index (χ1) is 11.5. The molecule has 128 valence electrons. The van der Waals surface area contributed by atoms with Crippen molar-refractivity contribution in [1.82, 2.24) is 14.9 Å². The summed E-state index contributed by atoms with van der Waals surface area (Å²) in [6.07, 6.45) is 3.35.